The molecule has 2 aromatic rings. The molecule has 0 bridgehead atoms. The average Bonchev–Trinajstić information content (AvgIpc) is 2.94. The van der Waals surface area contributed by atoms with E-state index in [2.05, 4.69) is 20.6 Å². The minimum absolute atomic E-state index is 0.151. The van der Waals surface area contributed by atoms with Crippen molar-refractivity contribution in [1.29, 1.82) is 0 Å². The summed E-state index contributed by atoms with van der Waals surface area (Å²) in [5.74, 6) is -2.07. The molecule has 0 spiro atoms. The molecule has 4 N–H and O–H groups in total. The van der Waals surface area contributed by atoms with Crippen LogP contribution in [-0.4, -0.2) is 39.4 Å². The predicted octanol–water partition coefficient (Wildman–Crippen LogP) is 0.476. The molecule has 8 heteroatoms. The van der Waals surface area contributed by atoms with Gasteiger partial charge in [-0.1, -0.05) is 0 Å². The SMILES string of the molecule is O=C(O)CNC(=O)c1cc(NC(=O)c2cccnc2)c[nH]1. The van der Waals surface area contributed by atoms with Gasteiger partial charge in [0.25, 0.3) is 11.8 Å². The number of carboxylic acid groups (broad SMARTS) is 1. The van der Waals surface area contributed by atoms with Gasteiger partial charge in [-0.15, -0.1) is 0 Å². The Balaban J connectivity index is 1.98. The van der Waals surface area contributed by atoms with Crippen LogP contribution < -0.4 is 10.6 Å². The molecule has 2 amide bonds. The summed E-state index contributed by atoms with van der Waals surface area (Å²) in [6.07, 6.45) is 4.41. The fourth-order valence-corrected chi connectivity index (χ4v) is 1.55. The zero-order valence-corrected chi connectivity index (χ0v) is 10.8. The average molecular weight is 288 g/mol. The summed E-state index contributed by atoms with van der Waals surface area (Å²) in [5, 5.41) is 13.3. The molecule has 0 aliphatic heterocycles. The monoisotopic (exact) mass is 288 g/mol. The number of aliphatic carboxylic acids is 1. The van der Waals surface area contributed by atoms with Gasteiger partial charge in [0.15, 0.2) is 0 Å². The van der Waals surface area contributed by atoms with Gasteiger partial charge in [0.1, 0.15) is 12.2 Å². The van der Waals surface area contributed by atoms with E-state index in [4.69, 9.17) is 5.11 Å². The molecule has 0 aliphatic rings. The Labute approximate surface area is 119 Å². The summed E-state index contributed by atoms with van der Waals surface area (Å²) < 4.78 is 0. The lowest BCUT2D eigenvalue weighted by molar-refractivity contribution is -0.135. The number of nitrogens with zero attached hydrogens (tertiary/aromatic N) is 1. The van der Waals surface area contributed by atoms with Crippen molar-refractivity contribution >= 4 is 23.5 Å². The lowest BCUT2D eigenvalue weighted by atomic mass is 10.2. The van der Waals surface area contributed by atoms with E-state index >= 15 is 0 Å². The molecule has 0 aromatic carbocycles. The fraction of sp³-hybridized carbons (Fsp3) is 0.0769. The third-order valence-corrected chi connectivity index (χ3v) is 2.51. The normalized spacial score (nSPS) is 9.90. The van der Waals surface area contributed by atoms with E-state index in [0.717, 1.165) is 0 Å². The first kappa shape index (κ1) is 14.3. The maximum Gasteiger partial charge on any atom is 0.322 e. The van der Waals surface area contributed by atoms with Crippen LogP contribution in [0.5, 0.6) is 0 Å². The quantitative estimate of drug-likeness (QED) is 0.637. The molecule has 2 rings (SSSR count). The van der Waals surface area contributed by atoms with Gasteiger partial charge in [0, 0.05) is 18.6 Å². The number of carbonyl (C=O) groups excluding carboxylic acids is 2. The molecular formula is C13H12N4O4. The standard InChI is InChI=1S/C13H12N4O4/c18-11(19)7-16-13(21)10-4-9(6-15-10)17-12(20)8-2-1-3-14-5-8/h1-6,15H,7H2,(H,16,21)(H,17,20)(H,18,19). The largest absolute Gasteiger partial charge is 0.480 e. The number of hydrogen-bond acceptors (Lipinski definition) is 4. The van der Waals surface area contributed by atoms with Crippen LogP contribution in [0.25, 0.3) is 0 Å². The van der Waals surface area contributed by atoms with Gasteiger partial charge >= 0.3 is 5.97 Å². The maximum absolute atomic E-state index is 11.9. The van der Waals surface area contributed by atoms with Crippen molar-refractivity contribution in [2.75, 3.05) is 11.9 Å². The number of carboxylic acids is 1. The van der Waals surface area contributed by atoms with Crippen molar-refractivity contribution in [3.05, 3.63) is 48.0 Å². The Morgan fingerprint density at radius 3 is 2.76 bits per heavy atom. The summed E-state index contributed by atoms with van der Waals surface area (Å²) in [4.78, 5) is 40.3. The van der Waals surface area contributed by atoms with E-state index in [0.29, 0.717) is 11.3 Å². The number of rotatable bonds is 5. The first-order valence-corrected chi connectivity index (χ1v) is 5.96. The van der Waals surface area contributed by atoms with E-state index in [1.165, 1.54) is 18.5 Å². The van der Waals surface area contributed by atoms with Crippen molar-refractivity contribution in [3.63, 3.8) is 0 Å². The lowest BCUT2D eigenvalue weighted by Crippen LogP contribution is -2.29. The molecule has 8 nitrogen and oxygen atoms in total. The van der Waals surface area contributed by atoms with Crippen LogP contribution in [0.2, 0.25) is 0 Å². The van der Waals surface area contributed by atoms with Crippen molar-refractivity contribution in [1.82, 2.24) is 15.3 Å². The Hall–Kier alpha value is -3.16. The molecule has 0 atom stereocenters. The van der Waals surface area contributed by atoms with Gasteiger partial charge in [-0.3, -0.25) is 19.4 Å². The zero-order valence-electron chi connectivity index (χ0n) is 10.8. The van der Waals surface area contributed by atoms with Crippen LogP contribution in [0.4, 0.5) is 5.69 Å². The van der Waals surface area contributed by atoms with E-state index in [9.17, 15) is 14.4 Å². The van der Waals surface area contributed by atoms with Crippen molar-refractivity contribution < 1.29 is 19.5 Å². The van der Waals surface area contributed by atoms with Gasteiger partial charge in [-0.25, -0.2) is 0 Å². The second kappa shape index (κ2) is 6.33. The Kier molecular flexibility index (Phi) is 4.30. The fourth-order valence-electron chi connectivity index (χ4n) is 1.55. The summed E-state index contributed by atoms with van der Waals surface area (Å²) >= 11 is 0. The van der Waals surface area contributed by atoms with Gasteiger partial charge in [0.2, 0.25) is 0 Å². The minimum atomic E-state index is -1.14. The third-order valence-electron chi connectivity index (χ3n) is 2.51. The molecule has 0 saturated heterocycles. The number of pyridine rings is 1. The number of carbonyl (C=O) groups is 3. The molecule has 0 saturated carbocycles. The second-order valence-electron chi connectivity index (χ2n) is 4.07. The molecule has 21 heavy (non-hydrogen) atoms. The van der Waals surface area contributed by atoms with E-state index in [1.54, 1.807) is 18.3 Å². The highest BCUT2D eigenvalue weighted by Gasteiger charge is 2.12. The molecule has 0 fully saturated rings. The zero-order chi connectivity index (χ0) is 15.2. The van der Waals surface area contributed by atoms with Crippen molar-refractivity contribution in [2.45, 2.75) is 0 Å². The molecule has 0 aliphatic carbocycles. The Morgan fingerprint density at radius 2 is 2.10 bits per heavy atom. The van der Waals surface area contributed by atoms with Gasteiger partial charge < -0.3 is 20.7 Å². The molecule has 108 valence electrons. The summed E-state index contributed by atoms with van der Waals surface area (Å²) in [6.45, 7) is -0.477. The first-order chi connectivity index (χ1) is 10.1. The van der Waals surface area contributed by atoms with Gasteiger partial charge in [-0.2, -0.15) is 0 Å². The molecule has 0 unspecified atom stereocenters. The lowest BCUT2D eigenvalue weighted by Gasteiger charge is -2.01. The Morgan fingerprint density at radius 1 is 1.29 bits per heavy atom. The van der Waals surface area contributed by atoms with Crippen LogP contribution >= 0.6 is 0 Å². The highest BCUT2D eigenvalue weighted by Crippen LogP contribution is 2.11. The second-order valence-corrected chi connectivity index (χ2v) is 4.07. The first-order valence-electron chi connectivity index (χ1n) is 5.96. The Bertz CT molecular complexity index is 666. The number of amides is 2. The number of H-pyrrole nitrogens is 1. The highest BCUT2D eigenvalue weighted by atomic mass is 16.4. The van der Waals surface area contributed by atoms with Crippen LogP contribution in [0.1, 0.15) is 20.8 Å². The number of hydrogen-bond donors (Lipinski definition) is 4. The summed E-state index contributed by atoms with van der Waals surface area (Å²) in [6, 6.07) is 4.65. The third kappa shape index (κ3) is 3.90. The molecule has 2 heterocycles. The van der Waals surface area contributed by atoms with Crippen molar-refractivity contribution in [3.8, 4) is 0 Å². The molecule has 2 aromatic heterocycles. The van der Waals surface area contributed by atoms with Gasteiger partial charge in [-0.05, 0) is 18.2 Å². The highest BCUT2D eigenvalue weighted by molar-refractivity contribution is 6.04. The topological polar surface area (TPSA) is 124 Å². The van der Waals surface area contributed by atoms with Gasteiger partial charge in [0.05, 0.1) is 11.3 Å². The molecule has 0 radical (unpaired) electrons. The minimum Gasteiger partial charge on any atom is -0.480 e. The number of aromatic nitrogens is 2. The number of anilines is 1. The van der Waals surface area contributed by atoms with Crippen LogP contribution in [0.3, 0.4) is 0 Å². The van der Waals surface area contributed by atoms with E-state index in [1.807, 2.05) is 0 Å². The van der Waals surface area contributed by atoms with Crippen molar-refractivity contribution in [2.24, 2.45) is 0 Å². The summed E-state index contributed by atoms with van der Waals surface area (Å²) in [5.41, 5.74) is 0.928. The molecular weight excluding hydrogens is 276 g/mol. The van der Waals surface area contributed by atoms with E-state index < -0.39 is 18.4 Å². The van der Waals surface area contributed by atoms with Crippen LogP contribution in [0, 0.1) is 0 Å². The van der Waals surface area contributed by atoms with Crippen LogP contribution in [0.15, 0.2) is 36.8 Å². The summed E-state index contributed by atoms with van der Waals surface area (Å²) in [7, 11) is 0. The maximum atomic E-state index is 11.9. The van der Waals surface area contributed by atoms with Crippen LogP contribution in [-0.2, 0) is 4.79 Å². The number of aromatic amines is 1. The smallest absolute Gasteiger partial charge is 0.322 e. The predicted molar refractivity (Wildman–Crippen MR) is 73.0 cm³/mol. The number of nitrogens with one attached hydrogen (secondary N) is 3. The van der Waals surface area contributed by atoms with E-state index in [-0.39, 0.29) is 11.6 Å².